The van der Waals surface area contributed by atoms with Gasteiger partial charge in [0, 0.05) is 0 Å². The number of unbranched alkanes of at least 4 members (excludes halogenated alkanes) is 1. The minimum Gasteiger partial charge on any atom is -0.487 e. The SMILES string of the molecule is CCCCS(=O)(=O)N1CCOc2c(N)cccc21. The summed E-state index contributed by atoms with van der Waals surface area (Å²) in [5.74, 6) is 0.640. The van der Waals surface area contributed by atoms with Crippen LogP contribution in [-0.2, 0) is 10.0 Å². The topological polar surface area (TPSA) is 72.6 Å². The Labute approximate surface area is 108 Å². The van der Waals surface area contributed by atoms with Crippen LogP contribution in [0.3, 0.4) is 0 Å². The number of hydrogen-bond acceptors (Lipinski definition) is 4. The Morgan fingerprint density at radius 3 is 2.94 bits per heavy atom. The van der Waals surface area contributed by atoms with E-state index in [-0.39, 0.29) is 5.75 Å². The number of anilines is 2. The van der Waals surface area contributed by atoms with Crippen LogP contribution in [0.1, 0.15) is 19.8 Å². The predicted octanol–water partition coefficient (Wildman–Crippen LogP) is 1.60. The van der Waals surface area contributed by atoms with E-state index in [9.17, 15) is 8.42 Å². The van der Waals surface area contributed by atoms with E-state index < -0.39 is 10.0 Å². The molecule has 0 bridgehead atoms. The summed E-state index contributed by atoms with van der Waals surface area (Å²) in [4.78, 5) is 0. The molecular formula is C12H18N2O3S. The number of hydrogen-bond donors (Lipinski definition) is 1. The van der Waals surface area contributed by atoms with Crippen LogP contribution in [0.25, 0.3) is 0 Å². The second-order valence-corrected chi connectivity index (χ2v) is 6.30. The molecule has 6 heteroatoms. The number of benzene rings is 1. The molecule has 0 fully saturated rings. The van der Waals surface area contributed by atoms with Gasteiger partial charge in [-0.2, -0.15) is 0 Å². The average Bonchev–Trinajstić information content (AvgIpc) is 2.36. The van der Waals surface area contributed by atoms with Crippen LogP contribution >= 0.6 is 0 Å². The van der Waals surface area contributed by atoms with Gasteiger partial charge in [0.25, 0.3) is 0 Å². The summed E-state index contributed by atoms with van der Waals surface area (Å²) < 4.78 is 31.4. The zero-order chi connectivity index (χ0) is 13.2. The monoisotopic (exact) mass is 270 g/mol. The molecule has 1 heterocycles. The second-order valence-electron chi connectivity index (χ2n) is 4.29. The van der Waals surface area contributed by atoms with Gasteiger partial charge in [0.1, 0.15) is 6.61 Å². The highest BCUT2D eigenvalue weighted by atomic mass is 32.2. The Balaban J connectivity index is 2.36. The molecule has 0 aromatic heterocycles. The number of sulfonamides is 1. The van der Waals surface area contributed by atoms with E-state index in [2.05, 4.69) is 0 Å². The van der Waals surface area contributed by atoms with Gasteiger partial charge in [-0.25, -0.2) is 8.42 Å². The zero-order valence-corrected chi connectivity index (χ0v) is 11.2. The summed E-state index contributed by atoms with van der Waals surface area (Å²) in [5.41, 5.74) is 6.83. The van der Waals surface area contributed by atoms with Crippen molar-refractivity contribution in [1.82, 2.24) is 0 Å². The number of para-hydroxylation sites is 1. The number of nitrogens with two attached hydrogens (primary N) is 1. The number of ether oxygens (including phenoxy) is 1. The number of nitrogen functional groups attached to an aromatic ring is 1. The molecule has 0 aliphatic carbocycles. The molecule has 0 atom stereocenters. The van der Waals surface area contributed by atoms with E-state index in [1.165, 1.54) is 4.31 Å². The van der Waals surface area contributed by atoms with Crippen molar-refractivity contribution in [3.05, 3.63) is 18.2 Å². The standard InChI is InChI=1S/C12H18N2O3S/c1-2-3-9-18(15,16)14-7-8-17-12-10(13)5-4-6-11(12)14/h4-6H,2-3,7-9,13H2,1H3. The normalized spacial score (nSPS) is 15.1. The van der Waals surface area contributed by atoms with Crippen LogP contribution in [-0.4, -0.2) is 27.3 Å². The van der Waals surface area contributed by atoms with Crippen molar-refractivity contribution in [2.45, 2.75) is 19.8 Å². The third-order valence-electron chi connectivity index (χ3n) is 2.93. The average molecular weight is 270 g/mol. The molecule has 0 saturated carbocycles. The molecule has 0 amide bonds. The lowest BCUT2D eigenvalue weighted by molar-refractivity contribution is 0.317. The van der Waals surface area contributed by atoms with Gasteiger partial charge in [-0.05, 0) is 18.6 Å². The maximum atomic E-state index is 12.2. The van der Waals surface area contributed by atoms with Crippen molar-refractivity contribution in [3.63, 3.8) is 0 Å². The first-order chi connectivity index (χ1) is 8.56. The van der Waals surface area contributed by atoms with Gasteiger partial charge in [-0.1, -0.05) is 19.4 Å². The first kappa shape index (κ1) is 13.0. The second kappa shape index (κ2) is 5.06. The molecule has 1 aromatic carbocycles. The summed E-state index contributed by atoms with van der Waals surface area (Å²) in [5, 5.41) is 0. The van der Waals surface area contributed by atoms with Crippen LogP contribution < -0.4 is 14.8 Å². The van der Waals surface area contributed by atoms with E-state index in [4.69, 9.17) is 10.5 Å². The minimum absolute atomic E-state index is 0.164. The van der Waals surface area contributed by atoms with Gasteiger partial charge in [-0.3, -0.25) is 4.31 Å². The predicted molar refractivity (Wildman–Crippen MR) is 72.4 cm³/mol. The van der Waals surface area contributed by atoms with Crippen LogP contribution in [0.2, 0.25) is 0 Å². The van der Waals surface area contributed by atoms with E-state index in [0.717, 1.165) is 6.42 Å². The Kier molecular flexibility index (Phi) is 3.65. The largest absolute Gasteiger partial charge is 0.487 e. The molecule has 5 nitrogen and oxygen atoms in total. The third kappa shape index (κ3) is 2.38. The van der Waals surface area contributed by atoms with Crippen LogP contribution in [0.5, 0.6) is 5.75 Å². The van der Waals surface area contributed by atoms with Crippen LogP contribution in [0, 0.1) is 0 Å². The number of fused-ring (bicyclic) bond motifs is 1. The lowest BCUT2D eigenvalue weighted by Gasteiger charge is -2.31. The van der Waals surface area contributed by atoms with Crippen LogP contribution in [0.4, 0.5) is 11.4 Å². The molecule has 2 rings (SSSR count). The molecule has 2 N–H and O–H groups in total. The lowest BCUT2D eigenvalue weighted by atomic mass is 10.2. The highest BCUT2D eigenvalue weighted by Crippen LogP contribution is 2.37. The Morgan fingerprint density at radius 1 is 1.44 bits per heavy atom. The van der Waals surface area contributed by atoms with Gasteiger partial charge in [0.05, 0.1) is 23.7 Å². The Morgan fingerprint density at radius 2 is 2.22 bits per heavy atom. The third-order valence-corrected chi connectivity index (χ3v) is 4.78. The van der Waals surface area contributed by atoms with Crippen molar-refractivity contribution < 1.29 is 13.2 Å². The lowest BCUT2D eigenvalue weighted by Crippen LogP contribution is -2.39. The van der Waals surface area contributed by atoms with Gasteiger partial charge in [-0.15, -0.1) is 0 Å². The molecule has 100 valence electrons. The first-order valence-electron chi connectivity index (χ1n) is 6.08. The fraction of sp³-hybridized carbons (Fsp3) is 0.500. The van der Waals surface area contributed by atoms with Gasteiger partial charge < -0.3 is 10.5 Å². The van der Waals surface area contributed by atoms with Gasteiger partial charge in [0.2, 0.25) is 10.0 Å². The van der Waals surface area contributed by atoms with Crippen molar-refractivity contribution in [2.75, 3.05) is 28.9 Å². The highest BCUT2D eigenvalue weighted by Gasteiger charge is 2.28. The van der Waals surface area contributed by atoms with E-state index >= 15 is 0 Å². The summed E-state index contributed by atoms with van der Waals surface area (Å²) in [6, 6.07) is 5.18. The summed E-state index contributed by atoms with van der Waals surface area (Å²) in [6.45, 7) is 2.66. The fourth-order valence-electron chi connectivity index (χ4n) is 1.97. The Bertz CT molecular complexity index is 528. The molecular weight excluding hydrogens is 252 g/mol. The molecule has 18 heavy (non-hydrogen) atoms. The van der Waals surface area contributed by atoms with Crippen molar-refractivity contribution in [2.24, 2.45) is 0 Å². The zero-order valence-electron chi connectivity index (χ0n) is 10.4. The molecule has 0 unspecified atom stereocenters. The summed E-state index contributed by atoms with van der Waals surface area (Å²) >= 11 is 0. The van der Waals surface area contributed by atoms with Crippen molar-refractivity contribution in [1.29, 1.82) is 0 Å². The van der Waals surface area contributed by atoms with Crippen molar-refractivity contribution >= 4 is 21.4 Å². The van der Waals surface area contributed by atoms with Gasteiger partial charge >= 0.3 is 0 Å². The Hall–Kier alpha value is -1.43. The quantitative estimate of drug-likeness (QED) is 0.843. The molecule has 0 radical (unpaired) electrons. The maximum absolute atomic E-state index is 12.2. The molecule has 0 spiro atoms. The van der Waals surface area contributed by atoms with Gasteiger partial charge in [0.15, 0.2) is 5.75 Å². The van der Waals surface area contributed by atoms with E-state index in [0.29, 0.717) is 36.7 Å². The molecule has 1 aromatic rings. The fourth-order valence-corrected chi connectivity index (χ4v) is 3.64. The number of nitrogens with zero attached hydrogens (tertiary/aromatic N) is 1. The highest BCUT2D eigenvalue weighted by molar-refractivity contribution is 7.92. The summed E-state index contributed by atoms with van der Waals surface area (Å²) in [6.07, 6.45) is 1.52. The smallest absolute Gasteiger partial charge is 0.235 e. The van der Waals surface area contributed by atoms with Crippen LogP contribution in [0.15, 0.2) is 18.2 Å². The minimum atomic E-state index is -3.28. The first-order valence-corrected chi connectivity index (χ1v) is 7.69. The number of rotatable bonds is 4. The maximum Gasteiger partial charge on any atom is 0.235 e. The van der Waals surface area contributed by atoms with E-state index in [1.54, 1.807) is 18.2 Å². The van der Waals surface area contributed by atoms with Crippen molar-refractivity contribution in [3.8, 4) is 5.75 Å². The summed E-state index contributed by atoms with van der Waals surface area (Å²) in [7, 11) is -3.28. The molecule has 1 aliphatic rings. The molecule has 0 saturated heterocycles. The van der Waals surface area contributed by atoms with E-state index in [1.807, 2.05) is 6.92 Å². The molecule has 1 aliphatic heterocycles.